The Labute approximate surface area is 116 Å². The molecule has 0 spiro atoms. The van der Waals surface area contributed by atoms with Gasteiger partial charge < -0.3 is 14.9 Å². The first-order valence-corrected chi connectivity index (χ1v) is 6.94. The molecule has 0 unspecified atom stereocenters. The molecule has 106 valence electrons. The van der Waals surface area contributed by atoms with Crippen LogP contribution in [0.3, 0.4) is 0 Å². The molecular formula is C12H19N3O3S. The second-order valence-electron chi connectivity index (χ2n) is 4.22. The second kappa shape index (κ2) is 7.08. The molecule has 1 aromatic heterocycles. The fourth-order valence-electron chi connectivity index (χ4n) is 1.65. The Hall–Kier alpha value is -1.63. The van der Waals surface area contributed by atoms with Crippen LogP contribution < -0.4 is 0 Å². The molecule has 0 aliphatic carbocycles. The number of carboxylic acid groups (broad SMARTS) is 1. The molecule has 7 heteroatoms. The number of rotatable bonds is 6. The van der Waals surface area contributed by atoms with E-state index in [1.807, 2.05) is 19.2 Å². The van der Waals surface area contributed by atoms with Crippen molar-refractivity contribution >= 4 is 23.3 Å². The fraction of sp³-hybridized carbons (Fsp3) is 0.583. The molecule has 0 saturated carbocycles. The quantitative estimate of drug-likeness (QED) is 0.865. The molecule has 6 nitrogen and oxygen atoms in total. The summed E-state index contributed by atoms with van der Waals surface area (Å²) in [4.78, 5) is 30.1. The Morgan fingerprint density at radius 2 is 2.16 bits per heavy atom. The van der Waals surface area contributed by atoms with Gasteiger partial charge in [-0.1, -0.05) is 0 Å². The van der Waals surface area contributed by atoms with Gasteiger partial charge in [-0.2, -0.15) is 0 Å². The van der Waals surface area contributed by atoms with Crippen molar-refractivity contribution in [2.75, 3.05) is 20.1 Å². The van der Waals surface area contributed by atoms with Gasteiger partial charge in [-0.3, -0.25) is 4.79 Å². The smallest absolute Gasteiger partial charge is 0.320 e. The van der Waals surface area contributed by atoms with Gasteiger partial charge >= 0.3 is 12.0 Å². The number of aliphatic carboxylic acids is 1. The number of hydrogen-bond acceptors (Lipinski definition) is 4. The summed E-state index contributed by atoms with van der Waals surface area (Å²) in [5.74, 6) is -0.899. The molecule has 1 N–H and O–H groups in total. The van der Waals surface area contributed by atoms with Crippen molar-refractivity contribution in [3.05, 3.63) is 16.1 Å². The number of aromatic nitrogens is 1. The van der Waals surface area contributed by atoms with Crippen molar-refractivity contribution in [1.82, 2.24) is 14.8 Å². The lowest BCUT2D eigenvalue weighted by molar-refractivity contribution is -0.137. The van der Waals surface area contributed by atoms with E-state index in [1.165, 1.54) is 4.90 Å². The third-order valence-corrected chi connectivity index (χ3v) is 3.46. The van der Waals surface area contributed by atoms with Crippen LogP contribution in [0.15, 0.2) is 5.38 Å². The lowest BCUT2D eigenvalue weighted by atomic mass is 10.4. The Balaban J connectivity index is 2.56. The monoisotopic (exact) mass is 285 g/mol. The molecular weight excluding hydrogens is 266 g/mol. The van der Waals surface area contributed by atoms with Gasteiger partial charge in [0.1, 0.15) is 0 Å². The largest absolute Gasteiger partial charge is 0.481 e. The summed E-state index contributed by atoms with van der Waals surface area (Å²) < 4.78 is 0. The predicted octanol–water partition coefficient (Wildman–Crippen LogP) is 1.80. The van der Waals surface area contributed by atoms with Crippen LogP contribution in [0.25, 0.3) is 0 Å². The average molecular weight is 285 g/mol. The highest BCUT2D eigenvalue weighted by molar-refractivity contribution is 7.09. The molecule has 0 aliphatic heterocycles. The molecule has 19 heavy (non-hydrogen) atoms. The number of amides is 2. The van der Waals surface area contributed by atoms with Crippen molar-refractivity contribution < 1.29 is 14.7 Å². The van der Waals surface area contributed by atoms with E-state index < -0.39 is 5.97 Å². The van der Waals surface area contributed by atoms with Crippen molar-refractivity contribution in [3.8, 4) is 0 Å². The maximum Gasteiger partial charge on any atom is 0.320 e. The van der Waals surface area contributed by atoms with Gasteiger partial charge in [-0.05, 0) is 13.8 Å². The highest BCUT2D eigenvalue weighted by Gasteiger charge is 2.18. The summed E-state index contributed by atoms with van der Waals surface area (Å²) in [7, 11) is 1.69. The standard InChI is InChI=1S/C12H19N3O3S/c1-4-15(6-5-11(16)17)12(18)14(3)7-10-8-19-9(2)13-10/h8H,4-7H2,1-3H3,(H,16,17). The summed E-state index contributed by atoms with van der Waals surface area (Å²) in [6.07, 6.45) is -0.0385. The Bertz CT molecular complexity index is 447. The van der Waals surface area contributed by atoms with E-state index in [0.717, 1.165) is 10.7 Å². The first-order chi connectivity index (χ1) is 8.93. The maximum atomic E-state index is 12.1. The SMILES string of the molecule is CCN(CCC(=O)O)C(=O)N(C)Cc1csc(C)n1. The number of urea groups is 1. The van der Waals surface area contributed by atoms with E-state index in [-0.39, 0.29) is 19.0 Å². The van der Waals surface area contributed by atoms with Gasteiger partial charge in [0.15, 0.2) is 0 Å². The van der Waals surface area contributed by atoms with Gasteiger partial charge in [-0.25, -0.2) is 9.78 Å². The number of aryl methyl sites for hydroxylation is 1. The van der Waals surface area contributed by atoms with Crippen LogP contribution in [0.2, 0.25) is 0 Å². The van der Waals surface area contributed by atoms with Crippen molar-refractivity contribution in [2.24, 2.45) is 0 Å². The number of thiazole rings is 1. The minimum absolute atomic E-state index is 0.0385. The van der Waals surface area contributed by atoms with Crippen LogP contribution >= 0.6 is 11.3 Å². The van der Waals surface area contributed by atoms with E-state index in [1.54, 1.807) is 23.3 Å². The van der Waals surface area contributed by atoms with Crippen LogP contribution in [-0.2, 0) is 11.3 Å². The highest BCUT2D eigenvalue weighted by atomic mass is 32.1. The lowest BCUT2D eigenvalue weighted by Gasteiger charge is -2.26. The molecule has 1 aromatic rings. The summed E-state index contributed by atoms with van der Waals surface area (Å²) in [6.45, 7) is 4.91. The van der Waals surface area contributed by atoms with E-state index >= 15 is 0 Å². The molecule has 2 amide bonds. The van der Waals surface area contributed by atoms with Gasteiger partial charge in [0, 0.05) is 25.5 Å². The average Bonchev–Trinajstić information content (AvgIpc) is 2.74. The van der Waals surface area contributed by atoms with Gasteiger partial charge in [0.05, 0.1) is 23.7 Å². The van der Waals surface area contributed by atoms with Crippen molar-refractivity contribution in [1.29, 1.82) is 0 Å². The highest BCUT2D eigenvalue weighted by Crippen LogP contribution is 2.11. The maximum absolute atomic E-state index is 12.1. The zero-order valence-electron chi connectivity index (χ0n) is 11.4. The number of carboxylic acids is 1. The number of carbonyl (C=O) groups excluding carboxylic acids is 1. The molecule has 1 heterocycles. The van der Waals surface area contributed by atoms with Crippen LogP contribution in [0.5, 0.6) is 0 Å². The topological polar surface area (TPSA) is 73.7 Å². The molecule has 0 bridgehead atoms. The second-order valence-corrected chi connectivity index (χ2v) is 5.28. The predicted molar refractivity (Wildman–Crippen MR) is 73.2 cm³/mol. The van der Waals surface area contributed by atoms with Gasteiger partial charge in [0.25, 0.3) is 0 Å². The van der Waals surface area contributed by atoms with Gasteiger partial charge in [-0.15, -0.1) is 11.3 Å². The third-order valence-electron chi connectivity index (χ3n) is 2.64. The Morgan fingerprint density at radius 1 is 1.47 bits per heavy atom. The Morgan fingerprint density at radius 3 is 2.63 bits per heavy atom. The fourth-order valence-corrected chi connectivity index (χ4v) is 2.26. The minimum atomic E-state index is -0.899. The van der Waals surface area contributed by atoms with E-state index in [4.69, 9.17) is 5.11 Å². The number of carbonyl (C=O) groups is 2. The van der Waals surface area contributed by atoms with Crippen molar-refractivity contribution in [3.63, 3.8) is 0 Å². The Kier molecular flexibility index (Phi) is 5.75. The third kappa shape index (κ3) is 4.86. The normalized spacial score (nSPS) is 10.3. The van der Waals surface area contributed by atoms with Crippen LogP contribution in [0, 0.1) is 6.92 Å². The molecule has 0 aromatic carbocycles. The summed E-state index contributed by atoms with van der Waals surface area (Å²) in [6, 6.07) is -0.172. The van der Waals surface area contributed by atoms with Crippen LogP contribution in [0.1, 0.15) is 24.0 Å². The van der Waals surface area contributed by atoms with E-state index in [2.05, 4.69) is 4.98 Å². The molecule has 0 aliphatic rings. The molecule has 0 saturated heterocycles. The summed E-state index contributed by atoms with van der Waals surface area (Å²) >= 11 is 1.55. The first kappa shape index (κ1) is 15.4. The lowest BCUT2D eigenvalue weighted by Crippen LogP contribution is -2.41. The molecule has 0 radical (unpaired) electrons. The number of hydrogen-bond donors (Lipinski definition) is 1. The van der Waals surface area contributed by atoms with Gasteiger partial charge in [0.2, 0.25) is 0 Å². The zero-order valence-corrected chi connectivity index (χ0v) is 12.2. The van der Waals surface area contributed by atoms with Crippen LogP contribution in [0.4, 0.5) is 4.79 Å². The van der Waals surface area contributed by atoms with E-state index in [9.17, 15) is 9.59 Å². The van der Waals surface area contributed by atoms with Crippen LogP contribution in [-0.4, -0.2) is 52.0 Å². The first-order valence-electron chi connectivity index (χ1n) is 6.06. The zero-order chi connectivity index (χ0) is 14.4. The summed E-state index contributed by atoms with van der Waals surface area (Å²) in [5, 5.41) is 11.5. The minimum Gasteiger partial charge on any atom is -0.481 e. The molecule has 1 rings (SSSR count). The van der Waals surface area contributed by atoms with E-state index in [0.29, 0.717) is 13.1 Å². The molecule has 0 atom stereocenters. The van der Waals surface area contributed by atoms with Crippen molar-refractivity contribution in [2.45, 2.75) is 26.8 Å². The number of nitrogens with zero attached hydrogens (tertiary/aromatic N) is 3. The summed E-state index contributed by atoms with van der Waals surface area (Å²) in [5.41, 5.74) is 0.854. The molecule has 0 fully saturated rings.